The highest BCUT2D eigenvalue weighted by molar-refractivity contribution is 6.30. The Morgan fingerprint density at radius 2 is 1.60 bits per heavy atom. The minimum absolute atomic E-state index is 0.120. The van der Waals surface area contributed by atoms with Crippen LogP contribution in [0, 0.1) is 0 Å². The lowest BCUT2D eigenvalue weighted by Gasteiger charge is -2.03. The van der Waals surface area contributed by atoms with E-state index >= 15 is 0 Å². The lowest BCUT2D eigenvalue weighted by Crippen LogP contribution is -1.98. The molecule has 0 fully saturated rings. The average molecular weight is 289 g/mol. The molecule has 104 valence electrons. The number of halogens is 1. The van der Waals surface area contributed by atoms with Crippen molar-refractivity contribution in [3.05, 3.63) is 70.5 Å². The van der Waals surface area contributed by atoms with Crippen molar-refractivity contribution in [2.45, 2.75) is 25.7 Å². The van der Waals surface area contributed by atoms with Crippen LogP contribution < -0.4 is 0 Å². The average Bonchev–Trinajstić information content (AvgIpc) is 2.98. The van der Waals surface area contributed by atoms with Crippen molar-refractivity contribution in [2.24, 2.45) is 0 Å². The first-order valence-electron chi connectivity index (χ1n) is 6.72. The molecule has 3 heteroatoms. The first kappa shape index (κ1) is 14.6. The van der Waals surface area contributed by atoms with Crippen LogP contribution in [-0.2, 0) is 0 Å². The van der Waals surface area contributed by atoms with Crippen molar-refractivity contribution < 1.29 is 9.90 Å². The molecule has 2 rings (SSSR count). The van der Waals surface area contributed by atoms with Crippen LogP contribution in [0.2, 0.25) is 5.02 Å². The van der Waals surface area contributed by atoms with Gasteiger partial charge in [0.25, 0.3) is 0 Å². The monoisotopic (exact) mass is 288 g/mol. The van der Waals surface area contributed by atoms with E-state index in [0.29, 0.717) is 29.2 Å². The van der Waals surface area contributed by atoms with E-state index in [1.54, 1.807) is 24.3 Å². The molecule has 0 bridgehead atoms. The SMILES string of the molecule is O=C(CCCCC(O)=C1C=CC=C1)c1ccc(Cl)cc1. The molecule has 0 saturated heterocycles. The highest BCUT2D eigenvalue weighted by Crippen LogP contribution is 2.18. The third-order valence-electron chi connectivity index (χ3n) is 3.23. The van der Waals surface area contributed by atoms with Gasteiger partial charge in [0.1, 0.15) is 0 Å². The normalized spacial score (nSPS) is 12.9. The number of aliphatic hydroxyl groups excluding tert-OH is 1. The molecular weight excluding hydrogens is 272 g/mol. The van der Waals surface area contributed by atoms with Crippen LogP contribution in [-0.4, -0.2) is 10.9 Å². The summed E-state index contributed by atoms with van der Waals surface area (Å²) in [5, 5.41) is 10.5. The summed E-state index contributed by atoms with van der Waals surface area (Å²) in [6.07, 6.45) is 10.2. The number of allylic oxidation sites excluding steroid dienone is 6. The van der Waals surface area contributed by atoms with Gasteiger partial charge in [0.2, 0.25) is 0 Å². The molecule has 1 aromatic carbocycles. The fourth-order valence-electron chi connectivity index (χ4n) is 2.07. The Labute approximate surface area is 124 Å². The molecule has 20 heavy (non-hydrogen) atoms. The molecule has 0 spiro atoms. The zero-order valence-corrected chi connectivity index (χ0v) is 11.9. The molecule has 0 unspecified atom stereocenters. The summed E-state index contributed by atoms with van der Waals surface area (Å²) in [4.78, 5) is 11.9. The second-order valence-corrected chi connectivity index (χ2v) is 5.19. The van der Waals surface area contributed by atoms with Crippen LogP contribution in [0.1, 0.15) is 36.0 Å². The number of unbranched alkanes of at least 4 members (excludes halogenated alkanes) is 1. The predicted octanol–water partition coefficient (Wildman–Crippen LogP) is 5.02. The number of Topliss-reactive ketones (excluding diaryl/α,β-unsaturated/α-hetero) is 1. The number of hydrogen-bond donors (Lipinski definition) is 1. The lowest BCUT2D eigenvalue weighted by atomic mass is 10.0. The number of aliphatic hydroxyl groups is 1. The Hall–Kier alpha value is -1.80. The van der Waals surface area contributed by atoms with Gasteiger partial charge in [0, 0.05) is 29.0 Å². The van der Waals surface area contributed by atoms with Gasteiger partial charge in [-0.05, 0) is 37.1 Å². The minimum Gasteiger partial charge on any atom is -0.512 e. The van der Waals surface area contributed by atoms with Crippen molar-refractivity contribution in [2.75, 3.05) is 0 Å². The minimum atomic E-state index is 0.120. The summed E-state index contributed by atoms with van der Waals surface area (Å²) >= 11 is 5.78. The fraction of sp³-hybridized carbons (Fsp3) is 0.235. The second kappa shape index (κ2) is 7.11. The largest absolute Gasteiger partial charge is 0.512 e. The van der Waals surface area contributed by atoms with E-state index in [9.17, 15) is 9.90 Å². The Morgan fingerprint density at radius 1 is 1.00 bits per heavy atom. The Kier molecular flexibility index (Phi) is 5.19. The van der Waals surface area contributed by atoms with E-state index in [2.05, 4.69) is 0 Å². The van der Waals surface area contributed by atoms with Gasteiger partial charge in [-0.15, -0.1) is 0 Å². The number of ketones is 1. The summed E-state index contributed by atoms with van der Waals surface area (Å²) < 4.78 is 0. The van der Waals surface area contributed by atoms with E-state index in [4.69, 9.17) is 11.6 Å². The first-order chi connectivity index (χ1) is 9.66. The molecular formula is C17H17ClO2. The molecule has 0 heterocycles. The highest BCUT2D eigenvalue weighted by atomic mass is 35.5. The van der Waals surface area contributed by atoms with E-state index < -0.39 is 0 Å². The molecule has 1 aromatic rings. The number of hydrogen-bond acceptors (Lipinski definition) is 2. The van der Waals surface area contributed by atoms with Gasteiger partial charge >= 0.3 is 0 Å². The highest BCUT2D eigenvalue weighted by Gasteiger charge is 2.07. The van der Waals surface area contributed by atoms with Gasteiger partial charge < -0.3 is 5.11 Å². The van der Waals surface area contributed by atoms with Gasteiger partial charge in [-0.3, -0.25) is 4.79 Å². The molecule has 0 aromatic heterocycles. The van der Waals surface area contributed by atoms with E-state index in [1.165, 1.54) is 0 Å². The number of benzene rings is 1. The lowest BCUT2D eigenvalue weighted by molar-refractivity contribution is 0.0979. The Balaban J connectivity index is 1.75. The summed E-state index contributed by atoms with van der Waals surface area (Å²) in [5.74, 6) is 0.517. The summed E-state index contributed by atoms with van der Waals surface area (Å²) in [6.45, 7) is 0. The standard InChI is InChI=1S/C17H17ClO2/c18-15-11-9-14(10-12-15)17(20)8-4-3-7-16(19)13-5-1-2-6-13/h1-2,5-6,9-12,19H,3-4,7-8H2. The van der Waals surface area contributed by atoms with E-state index in [1.807, 2.05) is 24.3 Å². The molecule has 2 nitrogen and oxygen atoms in total. The Bertz CT molecular complexity index is 551. The van der Waals surface area contributed by atoms with Crippen molar-refractivity contribution >= 4 is 17.4 Å². The van der Waals surface area contributed by atoms with Gasteiger partial charge in [0.15, 0.2) is 5.78 Å². The van der Waals surface area contributed by atoms with Crippen molar-refractivity contribution in [3.63, 3.8) is 0 Å². The molecule has 0 radical (unpaired) electrons. The molecule has 0 amide bonds. The maximum absolute atomic E-state index is 11.9. The van der Waals surface area contributed by atoms with Gasteiger partial charge in [-0.25, -0.2) is 0 Å². The first-order valence-corrected chi connectivity index (χ1v) is 7.10. The van der Waals surface area contributed by atoms with E-state index in [0.717, 1.165) is 18.4 Å². The smallest absolute Gasteiger partial charge is 0.162 e. The molecule has 0 aliphatic heterocycles. The maximum atomic E-state index is 11.9. The van der Waals surface area contributed by atoms with Crippen LogP contribution in [0.5, 0.6) is 0 Å². The van der Waals surface area contributed by atoms with Crippen LogP contribution >= 0.6 is 11.6 Å². The topological polar surface area (TPSA) is 37.3 Å². The molecule has 1 aliphatic rings. The van der Waals surface area contributed by atoms with Crippen molar-refractivity contribution in [1.82, 2.24) is 0 Å². The zero-order chi connectivity index (χ0) is 14.4. The van der Waals surface area contributed by atoms with Crippen LogP contribution in [0.25, 0.3) is 0 Å². The summed E-state index contributed by atoms with van der Waals surface area (Å²) in [6, 6.07) is 6.95. The maximum Gasteiger partial charge on any atom is 0.162 e. The molecule has 0 atom stereocenters. The third-order valence-corrected chi connectivity index (χ3v) is 3.48. The molecule has 1 aliphatic carbocycles. The molecule has 1 N–H and O–H groups in total. The quantitative estimate of drug-likeness (QED) is 0.453. The van der Waals surface area contributed by atoms with Crippen LogP contribution in [0.15, 0.2) is 59.9 Å². The van der Waals surface area contributed by atoms with E-state index in [-0.39, 0.29) is 5.78 Å². The second-order valence-electron chi connectivity index (χ2n) is 4.76. The zero-order valence-electron chi connectivity index (χ0n) is 11.2. The number of carbonyl (C=O) groups is 1. The summed E-state index contributed by atoms with van der Waals surface area (Å²) in [5.41, 5.74) is 1.56. The Morgan fingerprint density at radius 3 is 2.25 bits per heavy atom. The van der Waals surface area contributed by atoms with Crippen molar-refractivity contribution in [3.8, 4) is 0 Å². The van der Waals surface area contributed by atoms with Crippen LogP contribution in [0.3, 0.4) is 0 Å². The van der Waals surface area contributed by atoms with Gasteiger partial charge in [-0.2, -0.15) is 0 Å². The van der Waals surface area contributed by atoms with Gasteiger partial charge in [-0.1, -0.05) is 35.9 Å². The number of rotatable bonds is 6. The third kappa shape index (κ3) is 4.10. The predicted molar refractivity (Wildman–Crippen MR) is 82.2 cm³/mol. The molecule has 0 saturated carbocycles. The van der Waals surface area contributed by atoms with Gasteiger partial charge in [0.05, 0.1) is 5.76 Å². The fourth-order valence-corrected chi connectivity index (χ4v) is 2.19. The van der Waals surface area contributed by atoms with Crippen LogP contribution in [0.4, 0.5) is 0 Å². The van der Waals surface area contributed by atoms with Crippen molar-refractivity contribution in [1.29, 1.82) is 0 Å². The number of carbonyl (C=O) groups excluding carboxylic acids is 1. The summed E-state index contributed by atoms with van der Waals surface area (Å²) in [7, 11) is 0.